The number of benzene rings is 13. The minimum absolute atomic E-state index is 0.426. The standard InChI is InChI=1S/C130H148N4O2S/c1-12-20-27-33-34-38-47-95(46-37-30-23-15-4)88-134-117-87-100(66-65-99-67-75-109(127-126(99)131-137-132-127)97-59-52-89(9)53-60-97)108-48-41-49-110-111-50-42-51-113-121(111)124(123(117)120(108)110)129(134)125-122(113)112-76-68-102(85-115(112)130(125,103-69-55-93(56-70-103)44-35-28-21-13-2)104-71-57-94(58-72-104)45-36-29-22-14-3)128-119(98-63-61-96(62-64-98)106-77-73-105(83-91(106)11)135-80-39-31-24-16-5)114(84-92(19-8)43-26-18-7)116-86-101(78-79-133(116)128)107-74-54-90(10)82-118(107)136-81-40-32-25-17-6/h41-42,48-64,67-79,82-83,85-87,92,95H,12-40,43-47,80-81,84,88H2,1-11H3. The molecule has 0 radical (unpaired) electrons. The average molecular weight is 1830 g/mol. The van der Waals surface area contributed by atoms with Crippen molar-refractivity contribution in [2.24, 2.45) is 11.8 Å². The lowest BCUT2D eigenvalue weighted by Gasteiger charge is -2.36. The van der Waals surface area contributed by atoms with Crippen molar-refractivity contribution < 1.29 is 9.47 Å². The van der Waals surface area contributed by atoms with Crippen LogP contribution < -0.4 is 9.47 Å². The number of pyridine rings is 1. The van der Waals surface area contributed by atoms with Gasteiger partial charge >= 0.3 is 0 Å². The van der Waals surface area contributed by atoms with E-state index in [-0.39, 0.29) is 0 Å². The van der Waals surface area contributed by atoms with E-state index in [1.807, 2.05) is 0 Å². The number of hydrogen-bond donors (Lipinski definition) is 0. The molecule has 1 aliphatic carbocycles. The lowest BCUT2D eigenvalue weighted by molar-refractivity contribution is 0.305. The van der Waals surface area contributed by atoms with Crippen LogP contribution in [0.25, 0.3) is 138 Å². The van der Waals surface area contributed by atoms with Crippen LogP contribution in [-0.4, -0.2) is 30.9 Å². The highest BCUT2D eigenvalue weighted by atomic mass is 32.1. The van der Waals surface area contributed by atoms with E-state index >= 15 is 0 Å². The third kappa shape index (κ3) is 20.0. The summed E-state index contributed by atoms with van der Waals surface area (Å²) in [5, 5.41) is 10.6. The Hall–Kier alpha value is -11.3. The van der Waals surface area contributed by atoms with Gasteiger partial charge in [0.25, 0.3) is 0 Å². The molecule has 1 aliphatic rings. The van der Waals surface area contributed by atoms with E-state index in [2.05, 4.69) is 322 Å². The Balaban J connectivity index is 0.941. The largest absolute Gasteiger partial charge is 0.494 e. The van der Waals surface area contributed by atoms with Crippen molar-refractivity contribution in [3.63, 3.8) is 0 Å². The summed E-state index contributed by atoms with van der Waals surface area (Å²) in [6.45, 7) is 27.8. The molecular weight excluding hydrogens is 1680 g/mol. The van der Waals surface area contributed by atoms with Gasteiger partial charge in [0.2, 0.25) is 0 Å². The Bertz CT molecular complexity index is 6950. The van der Waals surface area contributed by atoms with Gasteiger partial charge in [0.05, 0.1) is 58.2 Å². The zero-order valence-corrected chi connectivity index (χ0v) is 85.2. The Morgan fingerprint density at radius 2 is 0.912 bits per heavy atom. The summed E-state index contributed by atoms with van der Waals surface area (Å²) in [5.74, 6) is 10.7. The molecule has 0 amide bonds. The van der Waals surface area contributed by atoms with Gasteiger partial charge < -0.3 is 18.4 Å². The van der Waals surface area contributed by atoms with Crippen molar-refractivity contribution in [1.82, 2.24) is 17.7 Å². The maximum atomic E-state index is 6.98. The Kier molecular flexibility index (Phi) is 31.6. The predicted molar refractivity (Wildman–Crippen MR) is 590 cm³/mol. The molecule has 0 N–H and O–H groups in total. The molecule has 4 heterocycles. The molecule has 2 unspecified atom stereocenters. The van der Waals surface area contributed by atoms with Crippen molar-refractivity contribution in [2.45, 2.75) is 313 Å². The average Bonchev–Trinajstić information content (AvgIpc) is 1.48. The molecule has 17 aromatic rings. The van der Waals surface area contributed by atoms with Gasteiger partial charge in [-0.2, -0.15) is 8.75 Å². The van der Waals surface area contributed by atoms with E-state index in [1.165, 1.54) is 351 Å². The van der Waals surface area contributed by atoms with Gasteiger partial charge in [0.15, 0.2) is 0 Å². The highest BCUT2D eigenvalue weighted by Crippen LogP contribution is 2.64. The lowest BCUT2D eigenvalue weighted by Crippen LogP contribution is -2.30. The van der Waals surface area contributed by atoms with Crippen molar-refractivity contribution >= 4 is 82.4 Å². The quantitative estimate of drug-likeness (QED) is 0.0165. The number of unbranched alkanes of at least 4 members (excludes halogenated alkanes) is 21. The molecule has 13 aromatic carbocycles. The molecule has 0 aliphatic heterocycles. The Morgan fingerprint density at radius 3 is 1.57 bits per heavy atom. The number of hydrogen-bond acceptors (Lipinski definition) is 5. The fraction of sp³-hybridized carbons (Fsp3) is 0.400. The van der Waals surface area contributed by atoms with E-state index in [9.17, 15) is 0 Å². The van der Waals surface area contributed by atoms with Crippen LogP contribution in [0.5, 0.6) is 11.5 Å². The fourth-order valence-electron chi connectivity index (χ4n) is 23.5. The first-order chi connectivity index (χ1) is 67.4. The molecule has 706 valence electrons. The maximum absolute atomic E-state index is 6.98. The summed E-state index contributed by atoms with van der Waals surface area (Å²) in [5.41, 5.74) is 34.7. The first kappa shape index (κ1) is 96.0. The minimum atomic E-state index is -0.866. The van der Waals surface area contributed by atoms with Gasteiger partial charge in [-0.15, -0.1) is 0 Å². The SMILES string of the molecule is CCCCCCCCC(CCCCCC)Cn1c2cc(C#Cc3ccc(-c4ccc(C)cc4)c4nsnc34)c3cccc4c5cccc6c7c(c1c(c65)c2c34)C(c1ccc(CCCCCC)cc1)(c1ccc(CCCCCC)cc1)c1cc(-c2c(-c3ccc(-c4ccc(OCCCCCC)cc4C)cc3)c(CC(CC)CCCC)c3cc(-c4ccc(C)cc4OCCCCCC)ccn23)ccc1-7. The summed E-state index contributed by atoms with van der Waals surface area (Å²) in [6.07, 6.45) is 44.2. The fourth-order valence-corrected chi connectivity index (χ4v) is 24.1. The van der Waals surface area contributed by atoms with Crippen LogP contribution in [0.15, 0.2) is 225 Å². The van der Waals surface area contributed by atoms with Crippen molar-refractivity contribution in [2.75, 3.05) is 13.2 Å². The van der Waals surface area contributed by atoms with Crippen LogP contribution in [-0.2, 0) is 31.2 Å². The van der Waals surface area contributed by atoms with Gasteiger partial charge in [-0.25, -0.2) is 0 Å². The molecule has 6 nitrogen and oxygen atoms in total. The zero-order valence-electron chi connectivity index (χ0n) is 84.4. The molecular formula is C130H148N4O2S. The summed E-state index contributed by atoms with van der Waals surface area (Å²) in [6, 6.07) is 87.5. The molecule has 4 aromatic heterocycles. The third-order valence-electron chi connectivity index (χ3n) is 31.0. The normalized spacial score (nSPS) is 13.0. The van der Waals surface area contributed by atoms with Crippen LogP contribution in [0, 0.1) is 44.4 Å². The van der Waals surface area contributed by atoms with Gasteiger partial charge in [-0.05, 0) is 249 Å². The topological polar surface area (TPSA) is 53.6 Å². The second kappa shape index (κ2) is 45.1. The minimum Gasteiger partial charge on any atom is -0.494 e. The second-order valence-electron chi connectivity index (χ2n) is 40.8. The number of nitrogens with zero attached hydrogens (tertiary/aromatic N) is 4. The molecule has 0 bridgehead atoms. The summed E-state index contributed by atoms with van der Waals surface area (Å²) in [4.78, 5) is 0. The monoisotopic (exact) mass is 1830 g/mol. The molecule has 7 heteroatoms. The first-order valence-corrected chi connectivity index (χ1v) is 54.6. The summed E-state index contributed by atoms with van der Waals surface area (Å²) in [7, 11) is 0. The zero-order chi connectivity index (χ0) is 94.3. The van der Waals surface area contributed by atoms with Crippen molar-refractivity contribution in [3.05, 3.63) is 291 Å². The number of aromatic nitrogens is 4. The molecule has 0 saturated carbocycles. The Labute approximate surface area is 823 Å². The number of rotatable bonds is 49. The molecule has 2 atom stereocenters. The van der Waals surface area contributed by atoms with Crippen molar-refractivity contribution in [3.8, 4) is 90.2 Å². The van der Waals surface area contributed by atoms with Crippen LogP contribution in [0.2, 0.25) is 0 Å². The highest BCUT2D eigenvalue weighted by Gasteiger charge is 2.50. The van der Waals surface area contributed by atoms with Gasteiger partial charge in [-0.3, -0.25) is 0 Å². The number of aryl methyl sites for hydroxylation is 5. The van der Waals surface area contributed by atoms with E-state index in [1.54, 1.807) is 0 Å². The smallest absolute Gasteiger partial charge is 0.127 e. The highest BCUT2D eigenvalue weighted by molar-refractivity contribution is 7.00. The molecule has 0 spiro atoms. The van der Waals surface area contributed by atoms with E-state index in [0.717, 1.165) is 115 Å². The molecule has 0 fully saturated rings. The third-order valence-corrected chi connectivity index (χ3v) is 31.5. The van der Waals surface area contributed by atoms with Crippen LogP contribution in [0.3, 0.4) is 0 Å². The van der Waals surface area contributed by atoms with Crippen LogP contribution in [0.4, 0.5) is 0 Å². The summed E-state index contributed by atoms with van der Waals surface area (Å²) >= 11 is 1.28. The van der Waals surface area contributed by atoms with Crippen molar-refractivity contribution in [1.29, 1.82) is 0 Å². The van der Waals surface area contributed by atoms with Gasteiger partial charge in [0, 0.05) is 62.1 Å². The second-order valence-corrected chi connectivity index (χ2v) is 41.3. The summed E-state index contributed by atoms with van der Waals surface area (Å²) < 4.78 is 29.1. The maximum Gasteiger partial charge on any atom is 0.127 e. The van der Waals surface area contributed by atoms with E-state index in [0.29, 0.717) is 18.4 Å². The van der Waals surface area contributed by atoms with E-state index in [4.69, 9.17) is 18.2 Å². The Morgan fingerprint density at radius 1 is 0.380 bits per heavy atom. The van der Waals surface area contributed by atoms with Crippen LogP contribution in [0.1, 0.15) is 328 Å². The van der Waals surface area contributed by atoms with Gasteiger partial charge in [-0.1, -0.05) is 410 Å². The molecule has 0 saturated heterocycles. The molecule has 137 heavy (non-hydrogen) atoms. The first-order valence-electron chi connectivity index (χ1n) is 53.9. The van der Waals surface area contributed by atoms with E-state index < -0.39 is 5.41 Å². The van der Waals surface area contributed by atoms with Gasteiger partial charge in [0.1, 0.15) is 22.5 Å². The lowest BCUT2D eigenvalue weighted by atomic mass is 9.66. The number of ether oxygens (including phenoxy) is 2. The van der Waals surface area contributed by atoms with Crippen LogP contribution >= 0.6 is 11.7 Å². The predicted octanol–water partition coefficient (Wildman–Crippen LogP) is 37.7. The molecule has 18 rings (SSSR count). The number of fused-ring (bicyclic) bond motifs is 8.